The van der Waals surface area contributed by atoms with E-state index in [1.165, 1.54) is 0 Å². The fraction of sp³-hybridized carbons (Fsp3) is 0.333. The van der Waals surface area contributed by atoms with E-state index in [1.807, 2.05) is 18.2 Å². The predicted octanol–water partition coefficient (Wildman–Crippen LogP) is 1.15. The molecule has 1 aliphatic carbocycles. The van der Waals surface area contributed by atoms with Crippen molar-refractivity contribution in [1.29, 1.82) is 0 Å². The molecule has 0 bridgehead atoms. The number of ether oxygens (including phenoxy) is 1. The number of rotatable bonds is 1. The number of hydrogen-bond acceptors (Lipinski definition) is 2. The van der Waals surface area contributed by atoms with E-state index in [9.17, 15) is 0 Å². The van der Waals surface area contributed by atoms with Gasteiger partial charge in [0, 0.05) is 12.0 Å². The van der Waals surface area contributed by atoms with E-state index in [4.69, 9.17) is 9.84 Å². The monoisotopic (exact) mass is 150 g/mol. The normalized spacial score (nSPS) is 27.2. The molecule has 0 saturated carbocycles. The summed E-state index contributed by atoms with van der Waals surface area (Å²) >= 11 is 0. The lowest BCUT2D eigenvalue weighted by atomic mass is 10.1. The van der Waals surface area contributed by atoms with E-state index in [-0.39, 0.29) is 12.7 Å². The number of hydrogen-bond donors (Lipinski definition) is 1. The van der Waals surface area contributed by atoms with Gasteiger partial charge in [-0.2, -0.15) is 0 Å². The molecular formula is C9H10O2. The summed E-state index contributed by atoms with van der Waals surface area (Å²) in [7, 11) is 0. The Balaban J connectivity index is 2.18. The van der Waals surface area contributed by atoms with Crippen LogP contribution in [0.25, 0.3) is 0 Å². The third-order valence-electron chi connectivity index (χ3n) is 1.91. The third kappa shape index (κ3) is 1.10. The minimum Gasteiger partial charge on any atom is -0.487 e. The number of fused-ring (bicyclic) bond motifs is 1. The Morgan fingerprint density at radius 2 is 2.55 bits per heavy atom. The Kier molecular flexibility index (Phi) is 1.55. The molecule has 0 aromatic rings. The topological polar surface area (TPSA) is 29.5 Å². The lowest BCUT2D eigenvalue weighted by Gasteiger charge is -2.21. The molecule has 0 saturated heterocycles. The van der Waals surface area contributed by atoms with Crippen molar-refractivity contribution >= 4 is 0 Å². The van der Waals surface area contributed by atoms with E-state index in [0.29, 0.717) is 0 Å². The lowest BCUT2D eigenvalue weighted by molar-refractivity contribution is 0.0600. The van der Waals surface area contributed by atoms with Gasteiger partial charge >= 0.3 is 0 Å². The minimum atomic E-state index is -0.0371. The standard InChI is InChI=1S/C9H10O2/c10-6-8-5-4-7-2-1-3-9(7)11-8/h1-4,8,10H,5-6H2/t8-/m0/s1. The van der Waals surface area contributed by atoms with Gasteiger partial charge in [0.05, 0.1) is 6.61 Å². The van der Waals surface area contributed by atoms with E-state index in [2.05, 4.69) is 6.08 Å². The molecular weight excluding hydrogens is 140 g/mol. The number of aliphatic hydroxyl groups is 1. The van der Waals surface area contributed by atoms with Crippen LogP contribution in [-0.4, -0.2) is 17.8 Å². The second-order valence-corrected chi connectivity index (χ2v) is 2.71. The first-order valence-electron chi connectivity index (χ1n) is 3.76. The van der Waals surface area contributed by atoms with Gasteiger partial charge in [0.1, 0.15) is 11.9 Å². The van der Waals surface area contributed by atoms with Crippen LogP contribution in [0.3, 0.4) is 0 Å². The van der Waals surface area contributed by atoms with Gasteiger partial charge in [-0.25, -0.2) is 0 Å². The quantitative estimate of drug-likeness (QED) is 0.607. The van der Waals surface area contributed by atoms with Crippen molar-refractivity contribution in [1.82, 2.24) is 0 Å². The molecule has 0 aromatic carbocycles. The van der Waals surface area contributed by atoms with Crippen molar-refractivity contribution < 1.29 is 9.84 Å². The van der Waals surface area contributed by atoms with Gasteiger partial charge in [0.15, 0.2) is 0 Å². The zero-order valence-electron chi connectivity index (χ0n) is 6.16. The van der Waals surface area contributed by atoms with Crippen LogP contribution in [0.5, 0.6) is 0 Å². The van der Waals surface area contributed by atoms with Gasteiger partial charge in [-0.15, -0.1) is 0 Å². The summed E-state index contributed by atoms with van der Waals surface area (Å²) in [6.07, 6.45) is 8.77. The van der Waals surface area contributed by atoms with Crippen LogP contribution in [-0.2, 0) is 4.74 Å². The van der Waals surface area contributed by atoms with Gasteiger partial charge in [-0.3, -0.25) is 0 Å². The smallest absolute Gasteiger partial charge is 0.126 e. The zero-order valence-corrected chi connectivity index (χ0v) is 6.16. The zero-order chi connectivity index (χ0) is 7.68. The van der Waals surface area contributed by atoms with E-state index in [0.717, 1.165) is 17.8 Å². The number of allylic oxidation sites excluding steroid dienone is 3. The Labute approximate surface area is 65.5 Å². The van der Waals surface area contributed by atoms with Crippen LogP contribution in [0.1, 0.15) is 6.42 Å². The third-order valence-corrected chi connectivity index (χ3v) is 1.91. The lowest BCUT2D eigenvalue weighted by Crippen LogP contribution is -2.19. The van der Waals surface area contributed by atoms with Crippen LogP contribution < -0.4 is 0 Å². The van der Waals surface area contributed by atoms with Gasteiger partial charge in [-0.05, 0) is 6.08 Å². The van der Waals surface area contributed by atoms with Crippen LogP contribution >= 0.6 is 0 Å². The highest BCUT2D eigenvalue weighted by molar-refractivity contribution is 5.46. The maximum Gasteiger partial charge on any atom is 0.126 e. The van der Waals surface area contributed by atoms with Gasteiger partial charge in [0.2, 0.25) is 0 Å². The van der Waals surface area contributed by atoms with Crippen molar-refractivity contribution in [2.24, 2.45) is 0 Å². The van der Waals surface area contributed by atoms with Crippen LogP contribution in [0, 0.1) is 0 Å². The summed E-state index contributed by atoms with van der Waals surface area (Å²) in [5.74, 6) is 0.898. The van der Waals surface area contributed by atoms with Crippen molar-refractivity contribution in [2.75, 3.05) is 6.61 Å². The first-order valence-corrected chi connectivity index (χ1v) is 3.76. The Bertz CT molecular complexity index is 248. The van der Waals surface area contributed by atoms with E-state index >= 15 is 0 Å². The Hall–Kier alpha value is -1.02. The van der Waals surface area contributed by atoms with Gasteiger partial charge in [-0.1, -0.05) is 18.2 Å². The van der Waals surface area contributed by atoms with Gasteiger partial charge in [0.25, 0.3) is 0 Å². The molecule has 0 radical (unpaired) electrons. The average Bonchev–Trinajstić information content (AvgIpc) is 2.50. The molecule has 0 fully saturated rings. The largest absolute Gasteiger partial charge is 0.487 e. The molecule has 2 nitrogen and oxygen atoms in total. The van der Waals surface area contributed by atoms with Gasteiger partial charge < -0.3 is 9.84 Å². The first kappa shape index (κ1) is 6.68. The molecule has 0 unspecified atom stereocenters. The highest BCUT2D eigenvalue weighted by atomic mass is 16.5. The molecule has 0 amide bonds. The van der Waals surface area contributed by atoms with Crippen molar-refractivity contribution in [3.8, 4) is 0 Å². The second kappa shape index (κ2) is 2.55. The molecule has 0 spiro atoms. The highest BCUT2D eigenvalue weighted by Crippen LogP contribution is 2.26. The molecule has 58 valence electrons. The molecule has 1 heterocycles. The first-order chi connectivity index (χ1) is 5.40. The van der Waals surface area contributed by atoms with Crippen LogP contribution in [0.2, 0.25) is 0 Å². The molecule has 2 rings (SSSR count). The molecule has 0 aromatic heterocycles. The summed E-state index contributed by atoms with van der Waals surface area (Å²) in [6.45, 7) is 0.0983. The molecule has 1 N–H and O–H groups in total. The average molecular weight is 150 g/mol. The van der Waals surface area contributed by atoms with E-state index < -0.39 is 0 Å². The minimum absolute atomic E-state index is 0.0371. The van der Waals surface area contributed by atoms with Crippen molar-refractivity contribution in [2.45, 2.75) is 12.5 Å². The second-order valence-electron chi connectivity index (χ2n) is 2.71. The van der Waals surface area contributed by atoms with E-state index in [1.54, 1.807) is 0 Å². The molecule has 1 aliphatic heterocycles. The number of aliphatic hydroxyl groups excluding tert-OH is 1. The SMILES string of the molecule is OC[C@@H]1CC=C2C=CC=C2O1. The summed E-state index contributed by atoms with van der Waals surface area (Å²) in [4.78, 5) is 0. The fourth-order valence-corrected chi connectivity index (χ4v) is 1.29. The highest BCUT2D eigenvalue weighted by Gasteiger charge is 2.18. The maximum absolute atomic E-state index is 8.81. The summed E-state index contributed by atoms with van der Waals surface area (Å²) in [5, 5.41) is 8.81. The molecule has 2 aliphatic rings. The molecule has 11 heavy (non-hydrogen) atoms. The summed E-state index contributed by atoms with van der Waals surface area (Å²) < 4.78 is 5.44. The summed E-state index contributed by atoms with van der Waals surface area (Å²) in [5.41, 5.74) is 1.15. The summed E-state index contributed by atoms with van der Waals surface area (Å²) in [6, 6.07) is 0. The van der Waals surface area contributed by atoms with Crippen LogP contribution in [0.4, 0.5) is 0 Å². The van der Waals surface area contributed by atoms with Crippen LogP contribution in [0.15, 0.2) is 35.6 Å². The van der Waals surface area contributed by atoms with Crippen molar-refractivity contribution in [3.05, 3.63) is 35.6 Å². The van der Waals surface area contributed by atoms with Crippen molar-refractivity contribution in [3.63, 3.8) is 0 Å². The Morgan fingerprint density at radius 3 is 3.36 bits per heavy atom. The molecule has 1 atom stereocenters. The Morgan fingerprint density at radius 1 is 1.64 bits per heavy atom. The molecule has 2 heteroatoms. The maximum atomic E-state index is 8.81. The predicted molar refractivity (Wildman–Crippen MR) is 41.9 cm³/mol. The fourth-order valence-electron chi connectivity index (χ4n) is 1.29.